The van der Waals surface area contributed by atoms with Gasteiger partial charge in [-0.1, -0.05) is 6.08 Å². The molecule has 0 N–H and O–H groups in total. The first-order valence-corrected chi connectivity index (χ1v) is 9.87. The molecule has 0 atom stereocenters. The quantitative estimate of drug-likeness (QED) is 0.401. The molecule has 120 valence electrons. The number of allylic oxidation sites excluding steroid dienone is 1. The van der Waals surface area contributed by atoms with Gasteiger partial charge < -0.3 is 0 Å². The van der Waals surface area contributed by atoms with E-state index in [1.807, 2.05) is 36.8 Å². The van der Waals surface area contributed by atoms with E-state index in [0.717, 1.165) is 15.7 Å². The van der Waals surface area contributed by atoms with Crippen LogP contribution in [0.4, 0.5) is 0 Å². The van der Waals surface area contributed by atoms with E-state index >= 15 is 0 Å². The smallest absolute Gasteiger partial charge is 0.152 e. The Morgan fingerprint density at radius 2 is 2.04 bits per heavy atom. The van der Waals surface area contributed by atoms with Gasteiger partial charge in [-0.2, -0.15) is 5.26 Å². The summed E-state index contributed by atoms with van der Waals surface area (Å²) >= 11 is 8.96. The molecular weight excluding hydrogens is 378 g/mol. The van der Waals surface area contributed by atoms with Crippen LogP contribution in [0.15, 0.2) is 27.2 Å². The van der Waals surface area contributed by atoms with Gasteiger partial charge >= 0.3 is 0 Å². The number of nitriles is 1. The summed E-state index contributed by atoms with van der Waals surface area (Å²) in [6.07, 6.45) is 1.84. The molecule has 0 radical (unpaired) electrons. The van der Waals surface area contributed by atoms with Crippen molar-refractivity contribution < 1.29 is 0 Å². The minimum atomic E-state index is 0.389. The van der Waals surface area contributed by atoms with Crippen LogP contribution < -0.4 is 0 Å². The highest BCUT2D eigenvalue weighted by Crippen LogP contribution is 2.27. The highest BCUT2D eigenvalue weighted by molar-refractivity contribution is 7.97. The van der Waals surface area contributed by atoms with Crippen molar-refractivity contribution in [1.82, 2.24) is 15.0 Å². The zero-order valence-corrected chi connectivity index (χ0v) is 16.1. The van der Waals surface area contributed by atoms with Crippen molar-refractivity contribution in [3.63, 3.8) is 0 Å². The minimum Gasteiger partial charge on any atom is -0.239 e. The Morgan fingerprint density at radius 1 is 1.21 bits per heavy atom. The van der Waals surface area contributed by atoms with Gasteiger partial charge in [0.15, 0.2) is 5.69 Å². The van der Waals surface area contributed by atoms with E-state index in [1.54, 1.807) is 16.7 Å². The van der Waals surface area contributed by atoms with E-state index in [0.29, 0.717) is 27.1 Å². The topological polar surface area (TPSA) is 74.8 Å². The maximum Gasteiger partial charge on any atom is 0.152 e. The average molecular weight is 390 g/mol. The van der Waals surface area contributed by atoms with E-state index in [1.165, 1.54) is 22.7 Å². The maximum absolute atomic E-state index is 8.89. The maximum atomic E-state index is 8.89. The van der Waals surface area contributed by atoms with Crippen molar-refractivity contribution in [3.05, 3.63) is 43.6 Å². The highest BCUT2D eigenvalue weighted by atomic mass is 32.1. The fourth-order valence-electron chi connectivity index (χ4n) is 1.81. The summed E-state index contributed by atoms with van der Waals surface area (Å²) in [4.78, 5) is 17.7. The summed E-state index contributed by atoms with van der Waals surface area (Å²) in [6.45, 7) is 3.84. The fourth-order valence-corrected chi connectivity index (χ4v) is 4.32. The number of rotatable bonds is 4. The van der Waals surface area contributed by atoms with Crippen LogP contribution in [-0.2, 0) is 0 Å². The van der Waals surface area contributed by atoms with Gasteiger partial charge in [0.05, 0.1) is 10.7 Å². The Bertz CT molecular complexity index is 970. The molecule has 3 aromatic rings. The summed E-state index contributed by atoms with van der Waals surface area (Å²) in [5, 5.41) is 17.5. The molecule has 3 aromatic heterocycles. The molecule has 3 heterocycles. The first-order valence-electron chi connectivity index (χ1n) is 6.79. The van der Waals surface area contributed by atoms with Crippen molar-refractivity contribution in [3.8, 4) is 16.8 Å². The fraction of sp³-hybridized carbons (Fsp3) is 0.133. The molecule has 0 saturated heterocycles. The summed E-state index contributed by atoms with van der Waals surface area (Å²) in [7, 11) is 0. The number of aliphatic imine (C=N–C) groups is 1. The lowest BCUT2D eigenvalue weighted by Gasteiger charge is -1.98. The molecule has 9 heteroatoms. The van der Waals surface area contributed by atoms with E-state index in [4.69, 9.17) is 5.26 Å². The van der Waals surface area contributed by atoms with Gasteiger partial charge in [0, 0.05) is 16.1 Å². The third kappa shape index (κ3) is 3.62. The van der Waals surface area contributed by atoms with E-state index in [-0.39, 0.29) is 0 Å². The first kappa shape index (κ1) is 17.0. The summed E-state index contributed by atoms with van der Waals surface area (Å²) in [5.41, 5.74) is 2.63. The third-order valence-electron chi connectivity index (χ3n) is 2.91. The molecule has 0 saturated carbocycles. The second-order valence-electron chi connectivity index (χ2n) is 4.55. The molecule has 24 heavy (non-hydrogen) atoms. The van der Waals surface area contributed by atoms with Gasteiger partial charge in [-0.3, -0.25) is 0 Å². The van der Waals surface area contributed by atoms with Crippen LogP contribution in [0.25, 0.3) is 16.4 Å². The monoisotopic (exact) mass is 389 g/mol. The number of thiol groups is 1. The predicted octanol–water partition coefficient (Wildman–Crippen LogP) is 4.64. The standard InChI is InChI=1S/C15H11N5S4/c1-3-10(14-18-9(4-16)5-23-14)19-13(21)11-6-24-15(20-11)12-7-22-8(2)17-12/h3,5-7H,1-2H3,(H,19,21)/b10-3-. The van der Waals surface area contributed by atoms with E-state index in [9.17, 15) is 0 Å². The lowest BCUT2D eigenvalue weighted by molar-refractivity contribution is 1.27. The first-order chi connectivity index (χ1) is 11.6. The Hall–Kier alpha value is -1.86. The molecule has 0 spiro atoms. The second-order valence-corrected chi connectivity index (χ2v) is 7.75. The summed E-state index contributed by atoms with van der Waals surface area (Å²) in [5.74, 6) is 0. The molecule has 0 aliphatic heterocycles. The van der Waals surface area contributed by atoms with Crippen molar-refractivity contribution in [1.29, 1.82) is 5.26 Å². The van der Waals surface area contributed by atoms with Crippen molar-refractivity contribution >= 4 is 57.4 Å². The minimum absolute atomic E-state index is 0.389. The average Bonchev–Trinajstić information content (AvgIpc) is 3.31. The number of aryl methyl sites for hydroxylation is 1. The molecule has 0 amide bonds. The number of nitrogens with zero attached hydrogens (tertiary/aromatic N) is 5. The van der Waals surface area contributed by atoms with E-state index < -0.39 is 0 Å². The summed E-state index contributed by atoms with van der Waals surface area (Å²) in [6, 6.07) is 2.02. The number of aromatic nitrogens is 3. The van der Waals surface area contributed by atoms with Crippen molar-refractivity contribution in [2.45, 2.75) is 13.8 Å². The second kappa shape index (κ2) is 7.36. The lowest BCUT2D eigenvalue weighted by atomic mass is 10.4. The van der Waals surface area contributed by atoms with Gasteiger partial charge in [-0.05, 0) is 13.8 Å². The number of thiazole rings is 3. The van der Waals surface area contributed by atoms with Crippen LogP contribution in [-0.4, -0.2) is 20.0 Å². The normalized spacial score (nSPS) is 12.4. The molecule has 0 fully saturated rings. The Kier molecular flexibility index (Phi) is 5.20. The highest BCUT2D eigenvalue weighted by Gasteiger charge is 2.12. The summed E-state index contributed by atoms with van der Waals surface area (Å²) < 4.78 is 0. The van der Waals surface area contributed by atoms with Gasteiger partial charge in [0.2, 0.25) is 0 Å². The molecule has 5 nitrogen and oxygen atoms in total. The zero-order valence-electron chi connectivity index (χ0n) is 12.7. The molecule has 3 rings (SSSR count). The largest absolute Gasteiger partial charge is 0.239 e. The van der Waals surface area contributed by atoms with Crippen LogP contribution in [0.2, 0.25) is 0 Å². The van der Waals surface area contributed by atoms with Gasteiger partial charge in [-0.15, -0.1) is 46.6 Å². The molecule has 0 unspecified atom stereocenters. The zero-order chi connectivity index (χ0) is 17.1. The molecule has 0 aliphatic rings. The van der Waals surface area contributed by atoms with Crippen LogP contribution in [0, 0.1) is 18.3 Å². The number of hydrogen-bond donors (Lipinski definition) is 1. The van der Waals surface area contributed by atoms with Gasteiger partial charge in [-0.25, -0.2) is 19.9 Å². The molecule has 0 bridgehead atoms. The Balaban J connectivity index is 1.87. The molecule has 0 aliphatic carbocycles. The van der Waals surface area contributed by atoms with Crippen LogP contribution >= 0.6 is 46.6 Å². The third-order valence-corrected chi connectivity index (χ3v) is 5.74. The molecular formula is C15H11N5S4. The van der Waals surface area contributed by atoms with E-state index in [2.05, 4.69) is 32.6 Å². The van der Waals surface area contributed by atoms with Crippen molar-refractivity contribution in [2.75, 3.05) is 0 Å². The van der Waals surface area contributed by atoms with Crippen molar-refractivity contribution in [2.24, 2.45) is 4.99 Å². The van der Waals surface area contributed by atoms with Crippen LogP contribution in [0.3, 0.4) is 0 Å². The number of hydrogen-bond acceptors (Lipinski definition) is 8. The SMILES string of the molecule is C/C=C(\N=C(/S)c1csc(-c2csc(C)n2)n1)c1nc(C#N)cs1. The van der Waals surface area contributed by atoms with Gasteiger partial charge in [0.25, 0.3) is 0 Å². The predicted molar refractivity (Wildman–Crippen MR) is 104 cm³/mol. The Morgan fingerprint density at radius 3 is 2.67 bits per heavy atom. The Labute approximate surface area is 156 Å². The van der Waals surface area contributed by atoms with Gasteiger partial charge in [0.1, 0.15) is 32.5 Å². The molecule has 0 aromatic carbocycles. The van der Waals surface area contributed by atoms with Crippen LogP contribution in [0.1, 0.15) is 28.3 Å². The lowest BCUT2D eigenvalue weighted by Crippen LogP contribution is -1.93. The van der Waals surface area contributed by atoms with Crippen LogP contribution in [0.5, 0.6) is 0 Å².